The summed E-state index contributed by atoms with van der Waals surface area (Å²) in [5, 5.41) is 19.9. The minimum Gasteiger partial charge on any atom is -0.503 e. The van der Waals surface area contributed by atoms with Crippen LogP contribution in [0.3, 0.4) is 0 Å². The number of Topliss-reactive ketones (excluding diaryl/α,β-unsaturated/α-hetero) is 1. The topological polar surface area (TPSA) is 81.4 Å². The van der Waals surface area contributed by atoms with E-state index >= 15 is 0 Å². The number of hydrogen-bond acceptors (Lipinski definition) is 4. The fraction of sp³-hybridized carbons (Fsp3) is 0.148. The Labute approximate surface area is 186 Å². The lowest BCUT2D eigenvalue weighted by Crippen LogP contribution is -2.31. The summed E-state index contributed by atoms with van der Waals surface area (Å²) in [7, 11) is 0. The Bertz CT molecular complexity index is 1240. The van der Waals surface area contributed by atoms with Gasteiger partial charge in [0.05, 0.1) is 23.2 Å². The molecule has 1 amide bonds. The van der Waals surface area contributed by atoms with Crippen molar-refractivity contribution >= 4 is 17.4 Å². The molecular formula is C27H22N2O3. The average molecular weight is 422 g/mol. The van der Waals surface area contributed by atoms with Gasteiger partial charge in [0, 0.05) is 12.1 Å². The molecule has 3 aromatic carbocycles. The van der Waals surface area contributed by atoms with Crippen molar-refractivity contribution in [1.29, 1.82) is 5.26 Å². The number of ketones is 1. The van der Waals surface area contributed by atoms with Crippen LogP contribution < -0.4 is 4.90 Å². The summed E-state index contributed by atoms with van der Waals surface area (Å²) >= 11 is 0. The van der Waals surface area contributed by atoms with E-state index in [4.69, 9.17) is 5.26 Å². The van der Waals surface area contributed by atoms with Crippen molar-refractivity contribution in [3.05, 3.63) is 112 Å². The summed E-state index contributed by atoms with van der Waals surface area (Å²) in [6, 6.07) is 25.1. The Hall–Kier alpha value is -4.17. The number of aliphatic hydroxyl groups excluding tert-OH is 1. The largest absolute Gasteiger partial charge is 0.503 e. The molecule has 0 fully saturated rings. The Morgan fingerprint density at radius 2 is 1.75 bits per heavy atom. The molecule has 0 aliphatic carbocycles. The van der Waals surface area contributed by atoms with Crippen LogP contribution in [0, 0.1) is 18.3 Å². The standard InChI is InChI=1S/C27H22N2O3/c1-18-6-5-9-21(16-18)25-24(23(30)15-12-19-7-3-2-4-8-19)26(31)27(32)29(25)22-13-10-20(17-28)11-14-22/h2-11,13-14,16,25,31H,12,15H2,1H3. The molecule has 0 bridgehead atoms. The highest BCUT2D eigenvalue weighted by atomic mass is 16.3. The fourth-order valence-electron chi connectivity index (χ4n) is 4.05. The van der Waals surface area contributed by atoms with E-state index in [1.807, 2.05) is 61.5 Å². The zero-order valence-corrected chi connectivity index (χ0v) is 17.7. The third-order valence-electron chi connectivity index (χ3n) is 5.62. The number of nitrogens with zero attached hydrogens (tertiary/aromatic N) is 2. The monoisotopic (exact) mass is 422 g/mol. The van der Waals surface area contributed by atoms with Crippen molar-refractivity contribution < 1.29 is 14.7 Å². The minimum absolute atomic E-state index is 0.112. The van der Waals surface area contributed by atoms with E-state index in [0.29, 0.717) is 17.7 Å². The van der Waals surface area contributed by atoms with E-state index < -0.39 is 17.7 Å². The molecule has 0 aromatic heterocycles. The molecule has 0 saturated heterocycles. The molecule has 5 nitrogen and oxygen atoms in total. The Morgan fingerprint density at radius 1 is 1.03 bits per heavy atom. The van der Waals surface area contributed by atoms with Crippen LogP contribution in [-0.4, -0.2) is 16.8 Å². The number of carbonyl (C=O) groups is 2. The van der Waals surface area contributed by atoms with Crippen LogP contribution in [-0.2, 0) is 16.0 Å². The van der Waals surface area contributed by atoms with Gasteiger partial charge in [0.15, 0.2) is 11.5 Å². The second-order valence-corrected chi connectivity index (χ2v) is 7.82. The number of benzene rings is 3. The molecule has 0 radical (unpaired) electrons. The highest BCUT2D eigenvalue weighted by Gasteiger charge is 2.44. The summed E-state index contributed by atoms with van der Waals surface area (Å²) in [5.41, 5.74) is 3.83. The quantitative estimate of drug-likeness (QED) is 0.608. The van der Waals surface area contributed by atoms with Crippen LogP contribution in [0.1, 0.15) is 34.7 Å². The SMILES string of the molecule is Cc1cccc(C2C(C(=O)CCc3ccccc3)=C(O)C(=O)N2c2ccc(C#N)cc2)c1. The van der Waals surface area contributed by atoms with Gasteiger partial charge in [0.25, 0.3) is 5.91 Å². The molecule has 0 saturated carbocycles. The molecule has 1 aliphatic heterocycles. The third kappa shape index (κ3) is 4.03. The van der Waals surface area contributed by atoms with Crippen molar-refractivity contribution in [2.75, 3.05) is 4.90 Å². The molecule has 1 aliphatic rings. The molecule has 5 heteroatoms. The highest BCUT2D eigenvalue weighted by Crippen LogP contribution is 2.41. The normalized spacial score (nSPS) is 15.7. The number of carbonyl (C=O) groups excluding carboxylic acids is 2. The predicted octanol–water partition coefficient (Wildman–Crippen LogP) is 4.97. The lowest BCUT2D eigenvalue weighted by atomic mass is 9.92. The van der Waals surface area contributed by atoms with Crippen molar-refractivity contribution in [3.63, 3.8) is 0 Å². The van der Waals surface area contributed by atoms with E-state index in [2.05, 4.69) is 6.07 Å². The summed E-state index contributed by atoms with van der Waals surface area (Å²) in [4.78, 5) is 27.8. The van der Waals surface area contributed by atoms with Crippen molar-refractivity contribution in [2.24, 2.45) is 0 Å². The second-order valence-electron chi connectivity index (χ2n) is 7.82. The van der Waals surface area contributed by atoms with E-state index in [0.717, 1.165) is 16.7 Å². The Balaban J connectivity index is 1.73. The smallest absolute Gasteiger partial charge is 0.294 e. The fourth-order valence-corrected chi connectivity index (χ4v) is 4.05. The first-order valence-corrected chi connectivity index (χ1v) is 10.4. The second kappa shape index (κ2) is 8.91. The first-order chi connectivity index (χ1) is 15.5. The van der Waals surface area contributed by atoms with Crippen LogP contribution >= 0.6 is 0 Å². The minimum atomic E-state index is -0.737. The number of aryl methyl sites for hydroxylation is 2. The molecule has 158 valence electrons. The summed E-state index contributed by atoms with van der Waals surface area (Å²) < 4.78 is 0. The number of rotatable bonds is 6. The number of aliphatic hydroxyl groups is 1. The molecule has 1 N–H and O–H groups in total. The number of anilines is 1. The molecule has 3 aromatic rings. The zero-order chi connectivity index (χ0) is 22.7. The van der Waals surface area contributed by atoms with Gasteiger partial charge in [-0.05, 0) is 48.7 Å². The average Bonchev–Trinajstić information content (AvgIpc) is 3.09. The summed E-state index contributed by atoms with van der Waals surface area (Å²) in [6.45, 7) is 1.94. The first kappa shape index (κ1) is 21.1. The molecular weight excluding hydrogens is 400 g/mol. The van der Waals surface area contributed by atoms with E-state index in [9.17, 15) is 14.7 Å². The lowest BCUT2D eigenvalue weighted by Gasteiger charge is -2.27. The zero-order valence-electron chi connectivity index (χ0n) is 17.7. The predicted molar refractivity (Wildman–Crippen MR) is 122 cm³/mol. The van der Waals surface area contributed by atoms with Gasteiger partial charge in [0.2, 0.25) is 0 Å². The van der Waals surface area contributed by atoms with E-state index in [1.165, 1.54) is 4.90 Å². The van der Waals surface area contributed by atoms with Gasteiger partial charge in [-0.15, -0.1) is 0 Å². The van der Waals surface area contributed by atoms with Crippen molar-refractivity contribution in [2.45, 2.75) is 25.8 Å². The van der Waals surface area contributed by atoms with Gasteiger partial charge in [-0.2, -0.15) is 5.26 Å². The van der Waals surface area contributed by atoms with Crippen molar-refractivity contribution in [1.82, 2.24) is 0 Å². The van der Waals surface area contributed by atoms with E-state index in [-0.39, 0.29) is 17.8 Å². The number of nitriles is 1. The van der Waals surface area contributed by atoms with Gasteiger partial charge in [-0.3, -0.25) is 14.5 Å². The van der Waals surface area contributed by atoms with Gasteiger partial charge in [-0.25, -0.2) is 0 Å². The first-order valence-electron chi connectivity index (χ1n) is 10.4. The molecule has 1 heterocycles. The maximum Gasteiger partial charge on any atom is 0.294 e. The molecule has 1 atom stereocenters. The Morgan fingerprint density at radius 3 is 2.41 bits per heavy atom. The van der Waals surface area contributed by atoms with Crippen LogP contribution in [0.5, 0.6) is 0 Å². The van der Waals surface area contributed by atoms with Crippen LogP contribution in [0.15, 0.2) is 90.2 Å². The van der Waals surface area contributed by atoms with Gasteiger partial charge < -0.3 is 5.11 Å². The molecule has 1 unspecified atom stereocenters. The maximum absolute atomic E-state index is 13.3. The van der Waals surface area contributed by atoms with Gasteiger partial charge >= 0.3 is 0 Å². The van der Waals surface area contributed by atoms with Crippen molar-refractivity contribution in [3.8, 4) is 6.07 Å². The van der Waals surface area contributed by atoms with Gasteiger partial charge in [-0.1, -0.05) is 60.2 Å². The number of amides is 1. The summed E-state index contributed by atoms with van der Waals surface area (Å²) in [5.74, 6) is -1.40. The van der Waals surface area contributed by atoms with Gasteiger partial charge in [0.1, 0.15) is 0 Å². The van der Waals surface area contributed by atoms with Crippen LogP contribution in [0.4, 0.5) is 5.69 Å². The molecule has 32 heavy (non-hydrogen) atoms. The molecule has 0 spiro atoms. The highest BCUT2D eigenvalue weighted by molar-refractivity contribution is 6.16. The maximum atomic E-state index is 13.3. The molecule has 4 rings (SSSR count). The summed E-state index contributed by atoms with van der Waals surface area (Å²) in [6.07, 6.45) is 0.697. The van der Waals surface area contributed by atoms with Crippen LogP contribution in [0.25, 0.3) is 0 Å². The lowest BCUT2D eigenvalue weighted by molar-refractivity contribution is -0.118. The Kier molecular flexibility index (Phi) is 5.87. The van der Waals surface area contributed by atoms with Crippen LogP contribution in [0.2, 0.25) is 0 Å². The number of hydrogen-bond donors (Lipinski definition) is 1. The van der Waals surface area contributed by atoms with E-state index in [1.54, 1.807) is 24.3 Å². The third-order valence-corrected chi connectivity index (χ3v) is 5.62.